The maximum Gasteiger partial charge on any atom is -0.00152 e. The summed E-state index contributed by atoms with van der Waals surface area (Å²) < 4.78 is 0. The van der Waals surface area contributed by atoms with Crippen LogP contribution in [0.3, 0.4) is 0 Å². The number of piperidine rings is 2. The van der Waals surface area contributed by atoms with Crippen molar-refractivity contribution in [2.45, 2.75) is 45.4 Å². The van der Waals surface area contributed by atoms with Gasteiger partial charge in [-0.25, -0.2) is 0 Å². The molecule has 2 rings (SSSR count). The molecule has 2 saturated heterocycles. The summed E-state index contributed by atoms with van der Waals surface area (Å²) in [5.41, 5.74) is 0.700. The molecule has 1 unspecified atom stereocenters. The van der Waals surface area contributed by atoms with Crippen molar-refractivity contribution >= 4 is 0 Å². The first-order chi connectivity index (χ1) is 7.37. The van der Waals surface area contributed by atoms with Gasteiger partial charge in [0.25, 0.3) is 0 Å². The van der Waals surface area contributed by atoms with Crippen molar-refractivity contribution in [3.8, 4) is 0 Å². The Morgan fingerprint density at radius 1 is 1.07 bits per heavy atom. The Morgan fingerprint density at radius 3 is 2.40 bits per heavy atom. The molecule has 0 amide bonds. The van der Waals surface area contributed by atoms with Crippen LogP contribution in [0.1, 0.15) is 45.4 Å². The number of hydrogen-bond donors (Lipinski definition) is 2. The van der Waals surface area contributed by atoms with Gasteiger partial charge in [0.1, 0.15) is 0 Å². The Hall–Kier alpha value is -0.0800. The van der Waals surface area contributed by atoms with Gasteiger partial charge in [-0.15, -0.1) is 0 Å². The lowest BCUT2D eigenvalue weighted by Crippen LogP contribution is -2.50. The normalized spacial score (nSPS) is 30.6. The van der Waals surface area contributed by atoms with E-state index >= 15 is 0 Å². The van der Waals surface area contributed by atoms with E-state index < -0.39 is 0 Å². The van der Waals surface area contributed by atoms with E-state index in [9.17, 15) is 0 Å². The average Bonchev–Trinajstić information content (AvgIpc) is 2.29. The van der Waals surface area contributed by atoms with Gasteiger partial charge < -0.3 is 10.6 Å². The zero-order valence-electron chi connectivity index (χ0n) is 10.1. The summed E-state index contributed by atoms with van der Waals surface area (Å²) in [7, 11) is 0. The summed E-state index contributed by atoms with van der Waals surface area (Å²) in [6.45, 7) is 7.35. The highest BCUT2D eigenvalue weighted by molar-refractivity contribution is 4.94. The molecule has 0 aromatic carbocycles. The molecule has 15 heavy (non-hydrogen) atoms. The first-order valence-electron chi connectivity index (χ1n) is 6.79. The molecule has 2 N–H and O–H groups in total. The third kappa shape index (κ3) is 2.54. The predicted molar refractivity (Wildman–Crippen MR) is 65.0 cm³/mol. The molecule has 2 aliphatic rings. The van der Waals surface area contributed by atoms with Crippen LogP contribution in [-0.2, 0) is 0 Å². The van der Waals surface area contributed by atoms with Crippen LogP contribution < -0.4 is 10.6 Å². The molecular weight excluding hydrogens is 184 g/mol. The molecule has 2 nitrogen and oxygen atoms in total. The highest BCUT2D eigenvalue weighted by atomic mass is 14.9. The number of unbranched alkanes of at least 4 members (excludes halogenated alkanes) is 1. The van der Waals surface area contributed by atoms with E-state index in [2.05, 4.69) is 17.6 Å². The second-order valence-corrected chi connectivity index (χ2v) is 5.41. The van der Waals surface area contributed by atoms with E-state index in [1.807, 2.05) is 0 Å². The van der Waals surface area contributed by atoms with Crippen LogP contribution in [0.5, 0.6) is 0 Å². The van der Waals surface area contributed by atoms with Crippen LogP contribution >= 0.6 is 0 Å². The van der Waals surface area contributed by atoms with E-state index in [4.69, 9.17) is 0 Å². The molecule has 2 heteroatoms. The molecule has 2 aliphatic heterocycles. The van der Waals surface area contributed by atoms with E-state index in [0.29, 0.717) is 5.41 Å². The van der Waals surface area contributed by atoms with Crippen molar-refractivity contribution < 1.29 is 0 Å². The van der Waals surface area contributed by atoms with Gasteiger partial charge in [-0.1, -0.05) is 19.8 Å². The molecule has 2 heterocycles. The molecule has 0 aliphatic carbocycles. The van der Waals surface area contributed by atoms with Crippen LogP contribution in [0, 0.1) is 11.3 Å². The van der Waals surface area contributed by atoms with Crippen molar-refractivity contribution in [2.75, 3.05) is 26.2 Å². The minimum atomic E-state index is 0.700. The van der Waals surface area contributed by atoms with Crippen LogP contribution in [0.4, 0.5) is 0 Å². The van der Waals surface area contributed by atoms with Gasteiger partial charge in [-0.05, 0) is 63.2 Å². The summed E-state index contributed by atoms with van der Waals surface area (Å²) in [5.74, 6) is 0.952. The molecule has 0 bridgehead atoms. The summed E-state index contributed by atoms with van der Waals surface area (Å²) in [4.78, 5) is 0. The predicted octanol–water partition coefficient (Wildman–Crippen LogP) is 2.16. The average molecular weight is 210 g/mol. The Kier molecular flexibility index (Phi) is 4.04. The Bertz CT molecular complexity index is 177. The summed E-state index contributed by atoms with van der Waals surface area (Å²) >= 11 is 0. The second kappa shape index (κ2) is 5.31. The smallest absolute Gasteiger partial charge is 0.00152 e. The standard InChI is InChI=1S/C13H26N2/c1-2-3-4-12-11-15-10-7-13(12)5-8-14-9-6-13/h12,14-15H,2-11H2,1H3. The zero-order chi connectivity index (χ0) is 10.6. The van der Waals surface area contributed by atoms with Gasteiger partial charge in [-0.2, -0.15) is 0 Å². The Labute approximate surface area is 94.2 Å². The quantitative estimate of drug-likeness (QED) is 0.746. The molecule has 0 aromatic rings. The largest absolute Gasteiger partial charge is 0.317 e. The number of nitrogens with one attached hydrogen (secondary N) is 2. The third-order valence-corrected chi connectivity index (χ3v) is 4.56. The van der Waals surface area contributed by atoms with Crippen molar-refractivity contribution in [1.29, 1.82) is 0 Å². The van der Waals surface area contributed by atoms with Crippen LogP contribution in [0.2, 0.25) is 0 Å². The van der Waals surface area contributed by atoms with Crippen LogP contribution in [-0.4, -0.2) is 26.2 Å². The fourth-order valence-electron chi connectivity index (χ4n) is 3.48. The zero-order valence-corrected chi connectivity index (χ0v) is 10.1. The van der Waals surface area contributed by atoms with Crippen molar-refractivity contribution in [1.82, 2.24) is 10.6 Å². The second-order valence-electron chi connectivity index (χ2n) is 5.41. The molecule has 0 radical (unpaired) electrons. The van der Waals surface area contributed by atoms with Gasteiger partial charge in [0.2, 0.25) is 0 Å². The third-order valence-electron chi connectivity index (χ3n) is 4.56. The van der Waals surface area contributed by atoms with Gasteiger partial charge in [-0.3, -0.25) is 0 Å². The van der Waals surface area contributed by atoms with Crippen molar-refractivity contribution in [2.24, 2.45) is 11.3 Å². The lowest BCUT2D eigenvalue weighted by Gasteiger charge is -2.47. The summed E-state index contributed by atoms with van der Waals surface area (Å²) in [5, 5.41) is 7.11. The first kappa shape index (κ1) is 11.4. The van der Waals surface area contributed by atoms with E-state index in [1.165, 1.54) is 64.7 Å². The molecule has 88 valence electrons. The molecule has 0 saturated carbocycles. The highest BCUT2D eigenvalue weighted by Gasteiger charge is 2.40. The van der Waals surface area contributed by atoms with Crippen LogP contribution in [0.25, 0.3) is 0 Å². The summed E-state index contributed by atoms with van der Waals surface area (Å²) in [6.07, 6.45) is 8.48. The molecule has 1 atom stereocenters. The maximum absolute atomic E-state index is 3.59. The highest BCUT2D eigenvalue weighted by Crippen LogP contribution is 2.44. The van der Waals surface area contributed by atoms with Crippen LogP contribution in [0.15, 0.2) is 0 Å². The Morgan fingerprint density at radius 2 is 1.73 bits per heavy atom. The fourth-order valence-corrected chi connectivity index (χ4v) is 3.48. The van der Waals surface area contributed by atoms with Gasteiger partial charge in [0, 0.05) is 0 Å². The topological polar surface area (TPSA) is 24.1 Å². The van der Waals surface area contributed by atoms with E-state index in [0.717, 1.165) is 5.92 Å². The number of hydrogen-bond acceptors (Lipinski definition) is 2. The van der Waals surface area contributed by atoms with Gasteiger partial charge in [0.15, 0.2) is 0 Å². The minimum absolute atomic E-state index is 0.700. The van der Waals surface area contributed by atoms with E-state index in [-0.39, 0.29) is 0 Å². The van der Waals surface area contributed by atoms with Crippen molar-refractivity contribution in [3.05, 3.63) is 0 Å². The van der Waals surface area contributed by atoms with Gasteiger partial charge >= 0.3 is 0 Å². The lowest BCUT2D eigenvalue weighted by atomic mass is 9.64. The minimum Gasteiger partial charge on any atom is -0.317 e. The maximum atomic E-state index is 3.59. The fraction of sp³-hybridized carbons (Fsp3) is 1.00. The SMILES string of the molecule is CCCCC1CNCCC12CCNCC2. The summed E-state index contributed by atoms with van der Waals surface area (Å²) in [6, 6.07) is 0. The van der Waals surface area contributed by atoms with Gasteiger partial charge in [0.05, 0.1) is 0 Å². The lowest BCUT2D eigenvalue weighted by molar-refractivity contribution is 0.0599. The molecule has 1 spiro atoms. The Balaban J connectivity index is 1.97. The molecule has 0 aromatic heterocycles. The monoisotopic (exact) mass is 210 g/mol. The number of rotatable bonds is 3. The molecular formula is C13H26N2. The molecule has 2 fully saturated rings. The first-order valence-corrected chi connectivity index (χ1v) is 6.79. The van der Waals surface area contributed by atoms with Crippen molar-refractivity contribution in [3.63, 3.8) is 0 Å². The van der Waals surface area contributed by atoms with E-state index in [1.54, 1.807) is 0 Å².